The number of para-hydroxylation sites is 3. The number of anilines is 2. The Morgan fingerprint density at radius 3 is 2.08 bits per heavy atom. The first kappa shape index (κ1) is 22.7. The largest absolute Gasteiger partial charge is 0.313 e. The minimum atomic E-state index is -1.04. The minimum Gasteiger partial charge on any atom is -0.273 e. The second-order valence-electron chi connectivity index (χ2n) is 8.65. The Labute approximate surface area is 215 Å². The average molecular weight is 518 g/mol. The van der Waals surface area contributed by atoms with Crippen LogP contribution in [0.2, 0.25) is 5.15 Å². The molecular weight excluding hydrogens is 498 g/mol. The Kier molecular flexibility index (Phi) is 5.52. The lowest BCUT2D eigenvalue weighted by molar-refractivity contribution is -0.126. The van der Waals surface area contributed by atoms with E-state index in [1.807, 2.05) is 67.6 Å². The number of thiazole rings is 1. The number of hydroxylamine groups is 1. The van der Waals surface area contributed by atoms with Gasteiger partial charge in [0.1, 0.15) is 17.1 Å². The van der Waals surface area contributed by atoms with Gasteiger partial charge >= 0.3 is 4.87 Å². The average Bonchev–Trinajstić information content (AvgIpc) is 3.50. The van der Waals surface area contributed by atoms with Gasteiger partial charge in [-0.15, -0.1) is 0 Å². The lowest BCUT2D eigenvalue weighted by atomic mass is 9.95. The van der Waals surface area contributed by atoms with Crippen LogP contribution in [-0.4, -0.2) is 22.5 Å². The van der Waals surface area contributed by atoms with E-state index in [1.54, 1.807) is 29.3 Å². The van der Waals surface area contributed by atoms with Crippen molar-refractivity contribution in [2.45, 2.75) is 19.1 Å². The van der Waals surface area contributed by atoms with E-state index in [-0.39, 0.29) is 15.9 Å². The summed E-state index contributed by atoms with van der Waals surface area (Å²) < 4.78 is 1.42. The van der Waals surface area contributed by atoms with Crippen LogP contribution in [0.5, 0.6) is 0 Å². The maximum absolute atomic E-state index is 13.9. The van der Waals surface area contributed by atoms with E-state index in [0.717, 1.165) is 16.9 Å². The van der Waals surface area contributed by atoms with Crippen molar-refractivity contribution in [3.8, 4) is 5.69 Å². The van der Waals surface area contributed by atoms with Crippen molar-refractivity contribution < 1.29 is 14.4 Å². The summed E-state index contributed by atoms with van der Waals surface area (Å²) in [6, 6.07) is 24.7. The fourth-order valence-electron chi connectivity index (χ4n) is 4.88. The number of carbonyl (C=O) groups excluding carboxylic acids is 2. The molecule has 3 atom stereocenters. The highest BCUT2D eigenvalue weighted by atomic mass is 35.5. The molecule has 2 aliphatic heterocycles. The number of nitrogens with zero attached hydrogens (tertiary/aromatic N) is 3. The lowest BCUT2D eigenvalue weighted by Gasteiger charge is -2.28. The molecule has 0 N–H and O–H groups in total. The van der Waals surface area contributed by atoms with Crippen LogP contribution in [0.15, 0.2) is 89.7 Å². The van der Waals surface area contributed by atoms with Gasteiger partial charge < -0.3 is 0 Å². The number of hydrogen-bond acceptors (Lipinski definition) is 6. The van der Waals surface area contributed by atoms with Gasteiger partial charge in [-0.05, 0) is 42.8 Å². The molecule has 6 rings (SSSR count). The molecule has 2 aliphatic rings. The number of aryl methyl sites for hydroxylation is 1. The molecule has 0 unspecified atom stereocenters. The van der Waals surface area contributed by atoms with E-state index in [4.69, 9.17) is 16.4 Å². The van der Waals surface area contributed by atoms with Crippen LogP contribution < -0.4 is 14.8 Å². The van der Waals surface area contributed by atoms with Crippen LogP contribution in [0.3, 0.4) is 0 Å². The van der Waals surface area contributed by atoms with Gasteiger partial charge in [-0.2, -0.15) is 0 Å². The molecule has 3 heterocycles. The highest BCUT2D eigenvalue weighted by Crippen LogP contribution is 2.50. The van der Waals surface area contributed by atoms with Crippen molar-refractivity contribution in [2.24, 2.45) is 5.92 Å². The number of rotatable bonds is 4. The number of hydrogen-bond donors (Lipinski definition) is 0. The van der Waals surface area contributed by atoms with Crippen molar-refractivity contribution in [1.29, 1.82) is 0 Å². The Morgan fingerprint density at radius 1 is 0.806 bits per heavy atom. The standard InChI is InChI=1S/C27H20ClN3O4S/c1-16-10-8-9-15-19(16)30-25(32)20-21(31(35-22(20)26(30)33)18-13-6-3-7-14-18)23-24(28)29(27(34)36-23)17-11-4-2-5-12-17/h2-15,20-22H,1H3/t20-,21+,22-/m1/s1. The van der Waals surface area contributed by atoms with Crippen molar-refractivity contribution in [3.63, 3.8) is 0 Å². The molecule has 1 aromatic heterocycles. The molecule has 2 saturated heterocycles. The monoisotopic (exact) mass is 517 g/mol. The minimum absolute atomic E-state index is 0.195. The van der Waals surface area contributed by atoms with Gasteiger partial charge in [-0.3, -0.25) is 23.8 Å². The van der Waals surface area contributed by atoms with Crippen LogP contribution >= 0.6 is 22.9 Å². The molecule has 2 fully saturated rings. The van der Waals surface area contributed by atoms with E-state index in [0.29, 0.717) is 21.9 Å². The fourth-order valence-corrected chi connectivity index (χ4v) is 6.35. The maximum atomic E-state index is 13.9. The predicted octanol–water partition coefficient (Wildman–Crippen LogP) is 4.91. The summed E-state index contributed by atoms with van der Waals surface area (Å²) in [6.07, 6.45) is -1.04. The predicted molar refractivity (Wildman–Crippen MR) is 139 cm³/mol. The first-order valence-corrected chi connectivity index (χ1v) is 12.6. The third-order valence-electron chi connectivity index (χ3n) is 6.54. The zero-order valence-corrected chi connectivity index (χ0v) is 20.6. The summed E-state index contributed by atoms with van der Waals surface area (Å²) in [4.78, 5) is 48.1. The van der Waals surface area contributed by atoms with Gasteiger partial charge in [-0.25, -0.2) is 9.96 Å². The van der Waals surface area contributed by atoms with Crippen molar-refractivity contribution >= 4 is 46.1 Å². The molecule has 7 nitrogen and oxygen atoms in total. The number of amides is 2. The SMILES string of the molecule is Cc1ccccc1N1C(=O)[C@@H]2[C@@H](c3sc(=O)n(-c4ccccc4)c3Cl)N(c3ccccc3)O[C@H]2C1=O. The molecule has 2 amide bonds. The molecule has 4 aromatic rings. The Balaban J connectivity index is 1.50. The molecule has 0 radical (unpaired) electrons. The molecule has 0 aliphatic carbocycles. The first-order chi connectivity index (χ1) is 17.5. The summed E-state index contributed by atoms with van der Waals surface area (Å²) >= 11 is 7.79. The Bertz CT molecular complexity index is 1540. The first-order valence-electron chi connectivity index (χ1n) is 11.4. The molecule has 0 saturated carbocycles. The van der Waals surface area contributed by atoms with Gasteiger partial charge in [0.25, 0.3) is 5.91 Å². The highest BCUT2D eigenvalue weighted by molar-refractivity contribution is 7.10. The molecule has 180 valence electrons. The topological polar surface area (TPSA) is 71.8 Å². The summed E-state index contributed by atoms with van der Waals surface area (Å²) in [5, 5.41) is 1.74. The molecule has 0 spiro atoms. The summed E-state index contributed by atoms with van der Waals surface area (Å²) in [5.41, 5.74) is 2.60. The molecule has 0 bridgehead atoms. The highest BCUT2D eigenvalue weighted by Gasteiger charge is 2.61. The zero-order valence-electron chi connectivity index (χ0n) is 19.1. The fraction of sp³-hybridized carbons (Fsp3) is 0.148. The van der Waals surface area contributed by atoms with Gasteiger partial charge in [0.15, 0.2) is 6.10 Å². The third kappa shape index (κ3) is 3.41. The van der Waals surface area contributed by atoms with E-state index in [9.17, 15) is 14.4 Å². The Morgan fingerprint density at radius 2 is 1.42 bits per heavy atom. The lowest BCUT2D eigenvalue weighted by Crippen LogP contribution is -2.37. The van der Waals surface area contributed by atoms with Crippen LogP contribution in [0.1, 0.15) is 16.5 Å². The molecule has 3 aromatic carbocycles. The van der Waals surface area contributed by atoms with E-state index in [1.165, 1.54) is 9.47 Å². The maximum Gasteiger partial charge on any atom is 0.313 e. The molecule has 36 heavy (non-hydrogen) atoms. The molecule has 9 heteroatoms. The van der Waals surface area contributed by atoms with E-state index >= 15 is 0 Å². The van der Waals surface area contributed by atoms with E-state index in [2.05, 4.69) is 0 Å². The number of carbonyl (C=O) groups is 2. The van der Waals surface area contributed by atoms with Crippen molar-refractivity contribution in [3.05, 3.63) is 110 Å². The van der Waals surface area contributed by atoms with Gasteiger partial charge in [0.2, 0.25) is 5.91 Å². The number of benzene rings is 3. The summed E-state index contributed by atoms with van der Waals surface area (Å²) in [7, 11) is 0. The number of fused-ring (bicyclic) bond motifs is 1. The van der Waals surface area contributed by atoms with Crippen LogP contribution in [0.25, 0.3) is 5.69 Å². The van der Waals surface area contributed by atoms with Crippen molar-refractivity contribution in [2.75, 3.05) is 9.96 Å². The normalized spacial score (nSPS) is 21.3. The van der Waals surface area contributed by atoms with Crippen molar-refractivity contribution in [1.82, 2.24) is 4.57 Å². The summed E-state index contributed by atoms with van der Waals surface area (Å²) in [6.45, 7) is 1.85. The number of imide groups is 1. The quantitative estimate of drug-likeness (QED) is 0.360. The summed E-state index contributed by atoms with van der Waals surface area (Å²) in [5.74, 6) is -1.70. The van der Waals surface area contributed by atoms with Gasteiger partial charge in [-0.1, -0.05) is 77.5 Å². The number of aromatic nitrogens is 1. The number of halogens is 1. The van der Waals surface area contributed by atoms with Crippen LogP contribution in [0.4, 0.5) is 11.4 Å². The molecular formula is C27H20ClN3O4S. The van der Waals surface area contributed by atoms with Crippen LogP contribution in [0, 0.1) is 12.8 Å². The smallest absolute Gasteiger partial charge is 0.273 e. The Hall–Kier alpha value is -3.72. The second-order valence-corrected chi connectivity index (χ2v) is 10.0. The third-order valence-corrected chi connectivity index (χ3v) is 8.04. The van der Waals surface area contributed by atoms with Gasteiger partial charge in [0, 0.05) is 0 Å². The van der Waals surface area contributed by atoms with E-state index < -0.39 is 24.0 Å². The zero-order chi connectivity index (χ0) is 25.0. The second kappa shape index (κ2) is 8.74. The van der Waals surface area contributed by atoms with Crippen LogP contribution in [-0.2, 0) is 14.4 Å². The van der Waals surface area contributed by atoms with Gasteiger partial charge in [0.05, 0.1) is 21.9 Å².